The maximum atomic E-state index is 4.45. The lowest BCUT2D eigenvalue weighted by molar-refractivity contribution is 0.591. The third-order valence-corrected chi connectivity index (χ3v) is 2.72. The van der Waals surface area contributed by atoms with Crippen LogP contribution in [0.2, 0.25) is 0 Å². The van der Waals surface area contributed by atoms with Crippen molar-refractivity contribution in [1.29, 1.82) is 0 Å². The summed E-state index contributed by atoms with van der Waals surface area (Å²) in [5.41, 5.74) is 3.95. The molecule has 0 spiro atoms. The summed E-state index contributed by atoms with van der Waals surface area (Å²) in [5.74, 6) is 0. The number of para-hydroxylation sites is 1. The summed E-state index contributed by atoms with van der Waals surface area (Å²) in [6.07, 6.45) is 1.98. The van der Waals surface area contributed by atoms with Gasteiger partial charge in [-0.25, -0.2) is 0 Å². The molecule has 0 saturated carbocycles. The minimum Gasteiger partial charge on any atom is -0.256 e. The maximum absolute atomic E-state index is 4.45. The van der Waals surface area contributed by atoms with Crippen LogP contribution in [0.25, 0.3) is 10.9 Å². The van der Waals surface area contributed by atoms with Crippen LogP contribution in [0.3, 0.4) is 0 Å². The molecule has 0 aliphatic carbocycles. The van der Waals surface area contributed by atoms with E-state index in [9.17, 15) is 0 Å². The summed E-state index contributed by atoms with van der Waals surface area (Å²) >= 11 is 0. The van der Waals surface area contributed by atoms with Gasteiger partial charge in [0, 0.05) is 11.6 Å². The first-order valence-electron chi connectivity index (χ1n) is 5.35. The van der Waals surface area contributed by atoms with Gasteiger partial charge in [0.1, 0.15) is 0 Å². The molecule has 1 nitrogen and oxygen atoms in total. The zero-order valence-electron chi connectivity index (χ0n) is 9.83. The Balaban J connectivity index is 2.86. The summed E-state index contributed by atoms with van der Waals surface area (Å²) in [7, 11) is 0. The SMILES string of the molecule is Cc1cnc2ccccc2c1C(C)(C)C. The van der Waals surface area contributed by atoms with Crippen molar-refractivity contribution in [3.63, 3.8) is 0 Å². The second kappa shape index (κ2) is 3.34. The number of fused-ring (bicyclic) bond motifs is 1. The van der Waals surface area contributed by atoms with E-state index in [1.807, 2.05) is 12.3 Å². The molecule has 2 rings (SSSR count). The van der Waals surface area contributed by atoms with Gasteiger partial charge in [-0.15, -0.1) is 0 Å². The van der Waals surface area contributed by atoms with E-state index in [1.54, 1.807) is 0 Å². The van der Waals surface area contributed by atoms with Gasteiger partial charge < -0.3 is 0 Å². The first kappa shape index (κ1) is 10.2. The molecule has 1 heterocycles. The van der Waals surface area contributed by atoms with E-state index < -0.39 is 0 Å². The molecule has 1 heteroatoms. The van der Waals surface area contributed by atoms with Gasteiger partial charge in [-0.2, -0.15) is 0 Å². The molecule has 1 aromatic carbocycles. The van der Waals surface area contributed by atoms with Crippen molar-refractivity contribution >= 4 is 10.9 Å². The average molecular weight is 199 g/mol. The van der Waals surface area contributed by atoms with Crippen LogP contribution < -0.4 is 0 Å². The Kier molecular flexibility index (Phi) is 2.26. The van der Waals surface area contributed by atoms with E-state index in [1.165, 1.54) is 16.5 Å². The topological polar surface area (TPSA) is 12.9 Å². The van der Waals surface area contributed by atoms with Crippen LogP contribution >= 0.6 is 0 Å². The molecular weight excluding hydrogens is 182 g/mol. The van der Waals surface area contributed by atoms with Crippen LogP contribution in [0.5, 0.6) is 0 Å². The third kappa shape index (κ3) is 1.74. The van der Waals surface area contributed by atoms with Crippen LogP contribution in [-0.2, 0) is 5.41 Å². The third-order valence-electron chi connectivity index (χ3n) is 2.72. The summed E-state index contributed by atoms with van der Waals surface area (Å²) in [6.45, 7) is 8.89. The molecule has 0 saturated heterocycles. The minimum absolute atomic E-state index is 0.173. The summed E-state index contributed by atoms with van der Waals surface area (Å²) in [6, 6.07) is 8.36. The molecule has 78 valence electrons. The average Bonchev–Trinajstić information content (AvgIpc) is 2.15. The smallest absolute Gasteiger partial charge is 0.0705 e. The zero-order chi connectivity index (χ0) is 11.1. The number of hydrogen-bond donors (Lipinski definition) is 0. The number of hydrogen-bond acceptors (Lipinski definition) is 1. The van der Waals surface area contributed by atoms with Crippen molar-refractivity contribution in [2.24, 2.45) is 0 Å². The molecule has 0 aliphatic heterocycles. The lowest BCUT2D eigenvalue weighted by Crippen LogP contribution is -2.14. The van der Waals surface area contributed by atoms with Gasteiger partial charge in [0.2, 0.25) is 0 Å². The Morgan fingerprint density at radius 3 is 2.40 bits per heavy atom. The number of rotatable bonds is 0. The Bertz CT molecular complexity index is 492. The lowest BCUT2D eigenvalue weighted by Gasteiger charge is -2.23. The van der Waals surface area contributed by atoms with Crippen molar-refractivity contribution in [2.75, 3.05) is 0 Å². The fourth-order valence-corrected chi connectivity index (χ4v) is 2.24. The van der Waals surface area contributed by atoms with E-state index in [2.05, 4.69) is 50.9 Å². The van der Waals surface area contributed by atoms with Gasteiger partial charge in [-0.05, 0) is 29.5 Å². The molecule has 0 unspecified atom stereocenters. The predicted molar refractivity (Wildman–Crippen MR) is 65.2 cm³/mol. The summed E-state index contributed by atoms with van der Waals surface area (Å²) in [5, 5.41) is 1.28. The number of nitrogens with zero attached hydrogens (tertiary/aromatic N) is 1. The van der Waals surface area contributed by atoms with Crippen molar-refractivity contribution in [1.82, 2.24) is 4.98 Å². The fraction of sp³-hybridized carbons (Fsp3) is 0.357. The molecule has 0 bridgehead atoms. The molecule has 0 aliphatic rings. The first-order valence-corrected chi connectivity index (χ1v) is 5.35. The van der Waals surface area contributed by atoms with E-state index in [0.717, 1.165) is 5.52 Å². The highest BCUT2D eigenvalue weighted by atomic mass is 14.7. The molecule has 0 radical (unpaired) electrons. The highest BCUT2D eigenvalue weighted by Crippen LogP contribution is 2.31. The van der Waals surface area contributed by atoms with Gasteiger partial charge in [0.05, 0.1) is 5.52 Å². The molecule has 0 N–H and O–H groups in total. The fourth-order valence-electron chi connectivity index (χ4n) is 2.24. The van der Waals surface area contributed by atoms with E-state index in [0.29, 0.717) is 0 Å². The van der Waals surface area contributed by atoms with Crippen LogP contribution in [0.4, 0.5) is 0 Å². The van der Waals surface area contributed by atoms with Gasteiger partial charge in [-0.1, -0.05) is 39.0 Å². The van der Waals surface area contributed by atoms with Crippen molar-refractivity contribution in [3.05, 3.63) is 41.6 Å². The molecular formula is C14H17N. The maximum Gasteiger partial charge on any atom is 0.0705 e. The second-order valence-corrected chi connectivity index (χ2v) is 5.08. The summed E-state index contributed by atoms with van der Waals surface area (Å²) in [4.78, 5) is 4.45. The molecule has 0 fully saturated rings. The van der Waals surface area contributed by atoms with Crippen molar-refractivity contribution in [2.45, 2.75) is 33.1 Å². The van der Waals surface area contributed by atoms with Gasteiger partial charge in [-0.3, -0.25) is 4.98 Å². The van der Waals surface area contributed by atoms with E-state index in [-0.39, 0.29) is 5.41 Å². The number of pyridine rings is 1. The van der Waals surface area contributed by atoms with Gasteiger partial charge >= 0.3 is 0 Å². The second-order valence-electron chi connectivity index (χ2n) is 5.08. The predicted octanol–water partition coefficient (Wildman–Crippen LogP) is 3.84. The molecule has 0 amide bonds. The quantitative estimate of drug-likeness (QED) is 0.628. The summed E-state index contributed by atoms with van der Waals surface area (Å²) < 4.78 is 0. The molecule has 15 heavy (non-hydrogen) atoms. The van der Waals surface area contributed by atoms with Gasteiger partial charge in [0.15, 0.2) is 0 Å². The van der Waals surface area contributed by atoms with Crippen LogP contribution in [-0.4, -0.2) is 4.98 Å². The van der Waals surface area contributed by atoms with Crippen molar-refractivity contribution in [3.8, 4) is 0 Å². The minimum atomic E-state index is 0.173. The van der Waals surface area contributed by atoms with Crippen LogP contribution in [0.1, 0.15) is 31.9 Å². The molecule has 2 aromatic rings. The first-order chi connectivity index (χ1) is 7.00. The van der Waals surface area contributed by atoms with Crippen LogP contribution in [0.15, 0.2) is 30.5 Å². The Labute approximate surface area is 91.2 Å². The number of benzene rings is 1. The monoisotopic (exact) mass is 199 g/mol. The number of aryl methyl sites for hydroxylation is 1. The highest BCUT2D eigenvalue weighted by Gasteiger charge is 2.19. The van der Waals surface area contributed by atoms with E-state index >= 15 is 0 Å². The molecule has 0 atom stereocenters. The highest BCUT2D eigenvalue weighted by molar-refractivity contribution is 5.84. The Morgan fingerprint density at radius 1 is 1.07 bits per heavy atom. The normalized spacial score (nSPS) is 12.0. The van der Waals surface area contributed by atoms with Crippen LogP contribution in [0, 0.1) is 6.92 Å². The Morgan fingerprint density at radius 2 is 1.73 bits per heavy atom. The van der Waals surface area contributed by atoms with E-state index in [4.69, 9.17) is 0 Å². The molecule has 1 aromatic heterocycles. The number of aromatic nitrogens is 1. The van der Waals surface area contributed by atoms with Gasteiger partial charge in [0.25, 0.3) is 0 Å². The zero-order valence-corrected chi connectivity index (χ0v) is 9.83. The largest absolute Gasteiger partial charge is 0.256 e. The Hall–Kier alpha value is -1.37. The lowest BCUT2D eigenvalue weighted by atomic mass is 9.82. The standard InChI is InChI=1S/C14H17N/c1-10-9-15-12-8-6-5-7-11(12)13(10)14(2,3)4/h5-9H,1-4H3. The van der Waals surface area contributed by atoms with Crippen molar-refractivity contribution < 1.29 is 0 Å².